The van der Waals surface area contributed by atoms with Crippen LogP contribution in [0.3, 0.4) is 0 Å². The van der Waals surface area contributed by atoms with Crippen LogP contribution in [0, 0.1) is 0 Å². The lowest BCUT2D eigenvalue weighted by Crippen LogP contribution is -2.20. The summed E-state index contributed by atoms with van der Waals surface area (Å²) in [6, 6.07) is 0. The van der Waals surface area contributed by atoms with E-state index < -0.39 is 0 Å². The molecular weight excluding hydrogens is 278 g/mol. The molecule has 0 atom stereocenters. The zero-order valence-corrected chi connectivity index (χ0v) is 15.5. The Bertz CT molecular complexity index is 349. The van der Waals surface area contributed by atoms with Crippen molar-refractivity contribution >= 4 is 11.6 Å². The van der Waals surface area contributed by atoms with Gasteiger partial charge in [0.25, 0.3) is 0 Å². The van der Waals surface area contributed by atoms with Crippen molar-refractivity contribution < 1.29 is 0 Å². The third-order valence-electron chi connectivity index (χ3n) is 3.55. The molecule has 0 rings (SSSR count). The maximum absolute atomic E-state index is 5.71. The fourth-order valence-electron chi connectivity index (χ4n) is 2.07. The number of allylic oxidation sites excluding steroid dienone is 5. The standard InChI is InChI=1S/C19H34ClN/c1-17(2)9-6-10-18(3)11-7-12-19(4)13-16-21(5)15-8-14-20/h9,11,13H,6-8,10,12,14-16H2,1-5H3. The Kier molecular flexibility index (Phi) is 12.8. The first-order valence-electron chi connectivity index (χ1n) is 8.14. The molecule has 1 nitrogen and oxygen atoms in total. The number of likely N-dealkylation sites (N-methyl/N-ethyl adjacent to an activating group) is 1. The predicted octanol–water partition coefficient (Wildman–Crippen LogP) is 5.97. The first kappa shape index (κ1) is 20.5. The Morgan fingerprint density at radius 3 is 2.05 bits per heavy atom. The smallest absolute Gasteiger partial charge is 0.0235 e. The van der Waals surface area contributed by atoms with E-state index in [4.69, 9.17) is 11.6 Å². The summed E-state index contributed by atoms with van der Waals surface area (Å²) in [7, 11) is 2.16. The zero-order chi connectivity index (χ0) is 16.1. The second-order valence-electron chi connectivity index (χ2n) is 6.26. The maximum atomic E-state index is 5.71. The molecule has 0 radical (unpaired) electrons. The Balaban J connectivity index is 3.90. The minimum Gasteiger partial charge on any atom is -0.303 e. The van der Waals surface area contributed by atoms with E-state index in [1.54, 1.807) is 0 Å². The molecule has 0 aromatic rings. The van der Waals surface area contributed by atoms with Crippen LogP contribution in [0.25, 0.3) is 0 Å². The number of halogens is 1. The number of alkyl halides is 1. The molecular formula is C19H34ClN. The largest absolute Gasteiger partial charge is 0.303 e. The fraction of sp³-hybridized carbons (Fsp3) is 0.684. The van der Waals surface area contributed by atoms with E-state index in [9.17, 15) is 0 Å². The summed E-state index contributed by atoms with van der Waals surface area (Å²) in [6.07, 6.45) is 12.8. The van der Waals surface area contributed by atoms with E-state index in [1.165, 1.54) is 36.0 Å². The second kappa shape index (κ2) is 13.2. The van der Waals surface area contributed by atoms with Gasteiger partial charge in [-0.05, 0) is 73.4 Å². The van der Waals surface area contributed by atoms with Crippen LogP contribution < -0.4 is 0 Å². The zero-order valence-electron chi connectivity index (χ0n) is 14.7. The number of hydrogen-bond donors (Lipinski definition) is 0. The summed E-state index contributed by atoms with van der Waals surface area (Å²) in [4.78, 5) is 2.33. The lowest BCUT2D eigenvalue weighted by Gasteiger charge is -2.13. The predicted molar refractivity (Wildman–Crippen MR) is 98.2 cm³/mol. The first-order valence-corrected chi connectivity index (χ1v) is 8.68. The molecule has 0 unspecified atom stereocenters. The Morgan fingerprint density at radius 1 is 0.905 bits per heavy atom. The van der Waals surface area contributed by atoms with E-state index in [1.807, 2.05) is 0 Å². The minimum atomic E-state index is 0.754. The van der Waals surface area contributed by atoms with E-state index in [-0.39, 0.29) is 0 Å². The minimum absolute atomic E-state index is 0.754. The van der Waals surface area contributed by atoms with Gasteiger partial charge in [-0.1, -0.05) is 34.9 Å². The molecule has 0 aromatic carbocycles. The molecule has 2 heteroatoms. The molecule has 122 valence electrons. The lowest BCUT2D eigenvalue weighted by atomic mass is 10.1. The van der Waals surface area contributed by atoms with Gasteiger partial charge in [-0.3, -0.25) is 0 Å². The van der Waals surface area contributed by atoms with Gasteiger partial charge in [-0.25, -0.2) is 0 Å². The van der Waals surface area contributed by atoms with Gasteiger partial charge in [0.1, 0.15) is 0 Å². The molecule has 0 aliphatic rings. The van der Waals surface area contributed by atoms with Gasteiger partial charge in [0, 0.05) is 12.4 Å². The number of rotatable bonds is 11. The quantitative estimate of drug-likeness (QED) is 0.336. The lowest BCUT2D eigenvalue weighted by molar-refractivity contribution is 0.370. The van der Waals surface area contributed by atoms with Crippen LogP contribution in [0.5, 0.6) is 0 Å². The molecule has 0 bridgehead atoms. The molecule has 0 N–H and O–H groups in total. The third kappa shape index (κ3) is 14.2. The Hall–Kier alpha value is -0.530. The Labute approximate surface area is 137 Å². The molecule has 0 aliphatic carbocycles. The fourth-order valence-corrected chi connectivity index (χ4v) is 2.19. The van der Waals surface area contributed by atoms with Gasteiger partial charge in [0.05, 0.1) is 0 Å². The van der Waals surface area contributed by atoms with Gasteiger partial charge in [-0.15, -0.1) is 11.6 Å². The van der Waals surface area contributed by atoms with Crippen molar-refractivity contribution in [2.75, 3.05) is 26.0 Å². The normalized spacial score (nSPS) is 12.9. The molecule has 0 amide bonds. The highest BCUT2D eigenvalue weighted by Crippen LogP contribution is 2.11. The highest BCUT2D eigenvalue weighted by molar-refractivity contribution is 6.17. The van der Waals surface area contributed by atoms with E-state index in [0.717, 1.165) is 31.8 Å². The van der Waals surface area contributed by atoms with Gasteiger partial charge >= 0.3 is 0 Å². The van der Waals surface area contributed by atoms with Crippen molar-refractivity contribution in [2.24, 2.45) is 0 Å². The van der Waals surface area contributed by atoms with Gasteiger partial charge in [0.2, 0.25) is 0 Å². The van der Waals surface area contributed by atoms with Crippen LogP contribution in [0.2, 0.25) is 0 Å². The molecule has 0 aliphatic heterocycles. The van der Waals surface area contributed by atoms with E-state index in [2.05, 4.69) is 57.9 Å². The van der Waals surface area contributed by atoms with Gasteiger partial charge in [-0.2, -0.15) is 0 Å². The number of nitrogens with zero attached hydrogens (tertiary/aromatic N) is 1. The first-order chi connectivity index (χ1) is 9.95. The van der Waals surface area contributed by atoms with Crippen molar-refractivity contribution in [1.82, 2.24) is 4.90 Å². The maximum Gasteiger partial charge on any atom is 0.0235 e. The highest BCUT2D eigenvalue weighted by Gasteiger charge is 1.96. The third-order valence-corrected chi connectivity index (χ3v) is 3.81. The van der Waals surface area contributed by atoms with Crippen LogP contribution in [-0.4, -0.2) is 30.9 Å². The Morgan fingerprint density at radius 2 is 1.48 bits per heavy atom. The monoisotopic (exact) mass is 311 g/mol. The van der Waals surface area contributed by atoms with Crippen molar-refractivity contribution in [3.63, 3.8) is 0 Å². The summed E-state index contributed by atoms with van der Waals surface area (Å²) < 4.78 is 0. The van der Waals surface area contributed by atoms with Crippen molar-refractivity contribution in [3.05, 3.63) is 34.9 Å². The van der Waals surface area contributed by atoms with Crippen LogP contribution in [0.4, 0.5) is 0 Å². The molecule has 0 saturated carbocycles. The molecule has 0 aromatic heterocycles. The average molecular weight is 312 g/mol. The molecule has 0 heterocycles. The van der Waals surface area contributed by atoms with Crippen LogP contribution >= 0.6 is 11.6 Å². The molecule has 0 saturated heterocycles. The van der Waals surface area contributed by atoms with Crippen molar-refractivity contribution in [1.29, 1.82) is 0 Å². The van der Waals surface area contributed by atoms with E-state index >= 15 is 0 Å². The van der Waals surface area contributed by atoms with Crippen molar-refractivity contribution in [2.45, 2.75) is 59.8 Å². The van der Waals surface area contributed by atoms with Crippen LogP contribution in [0.1, 0.15) is 59.8 Å². The van der Waals surface area contributed by atoms with Gasteiger partial charge < -0.3 is 4.90 Å². The summed E-state index contributed by atoms with van der Waals surface area (Å²) in [5.41, 5.74) is 4.42. The molecule has 21 heavy (non-hydrogen) atoms. The highest BCUT2D eigenvalue weighted by atomic mass is 35.5. The van der Waals surface area contributed by atoms with Crippen LogP contribution in [0.15, 0.2) is 34.9 Å². The van der Waals surface area contributed by atoms with E-state index in [0.29, 0.717) is 0 Å². The summed E-state index contributed by atoms with van der Waals surface area (Å²) in [6.45, 7) is 10.9. The topological polar surface area (TPSA) is 3.24 Å². The molecule has 0 fully saturated rings. The number of hydrogen-bond acceptors (Lipinski definition) is 1. The van der Waals surface area contributed by atoms with Crippen LogP contribution in [-0.2, 0) is 0 Å². The molecule has 0 spiro atoms. The summed E-state index contributed by atoms with van der Waals surface area (Å²) in [5.74, 6) is 0.754. The average Bonchev–Trinajstić information content (AvgIpc) is 2.42. The summed E-state index contributed by atoms with van der Waals surface area (Å²) in [5, 5.41) is 0. The second-order valence-corrected chi connectivity index (χ2v) is 6.64. The SMILES string of the molecule is CC(C)=CCCC(C)=CCCC(C)=CCN(C)CCCCl. The van der Waals surface area contributed by atoms with Crippen molar-refractivity contribution in [3.8, 4) is 0 Å². The van der Waals surface area contributed by atoms with Gasteiger partial charge in [0.15, 0.2) is 0 Å². The summed E-state index contributed by atoms with van der Waals surface area (Å²) >= 11 is 5.71.